The minimum atomic E-state index is -1.44. The summed E-state index contributed by atoms with van der Waals surface area (Å²) in [4.78, 5) is 26.3. The Bertz CT molecular complexity index is 1250. The molecular formula is C25H24Cl2N2O5. The van der Waals surface area contributed by atoms with Gasteiger partial charge >= 0.3 is 11.9 Å². The number of aromatic nitrogens is 2. The lowest BCUT2D eigenvalue weighted by Crippen LogP contribution is -2.50. The first kappa shape index (κ1) is 24.1. The van der Waals surface area contributed by atoms with Crippen LogP contribution in [0.3, 0.4) is 0 Å². The fourth-order valence-corrected chi connectivity index (χ4v) is 4.80. The van der Waals surface area contributed by atoms with Gasteiger partial charge in [0.2, 0.25) is 0 Å². The van der Waals surface area contributed by atoms with Crippen molar-refractivity contribution in [3.8, 4) is 0 Å². The van der Waals surface area contributed by atoms with Gasteiger partial charge in [-0.05, 0) is 23.3 Å². The van der Waals surface area contributed by atoms with E-state index in [1.807, 2.05) is 37.3 Å². The van der Waals surface area contributed by atoms with Crippen molar-refractivity contribution in [1.29, 1.82) is 0 Å². The van der Waals surface area contributed by atoms with Crippen LogP contribution in [0.25, 0.3) is 0 Å². The maximum atomic E-state index is 13.5. The number of benzene rings is 2. The van der Waals surface area contributed by atoms with E-state index in [0.717, 1.165) is 10.3 Å². The second-order valence-corrected chi connectivity index (χ2v) is 9.60. The van der Waals surface area contributed by atoms with Crippen molar-refractivity contribution in [3.63, 3.8) is 0 Å². The number of hydrogen-bond donors (Lipinski definition) is 0. The lowest BCUT2D eigenvalue weighted by molar-refractivity contribution is -0.621. The molecule has 9 heteroatoms. The zero-order chi connectivity index (χ0) is 24.8. The van der Waals surface area contributed by atoms with E-state index < -0.39 is 29.6 Å². The predicted octanol–water partition coefficient (Wildman–Crippen LogP) is 4.68. The molecule has 4 rings (SSSR count). The van der Waals surface area contributed by atoms with Crippen molar-refractivity contribution in [1.82, 2.24) is 4.57 Å². The van der Waals surface area contributed by atoms with Crippen LogP contribution < -0.4 is 4.73 Å². The Morgan fingerprint density at radius 2 is 1.68 bits per heavy atom. The molecule has 0 N–H and O–H groups in total. The summed E-state index contributed by atoms with van der Waals surface area (Å²) in [5.74, 6) is -5.32. The second-order valence-electron chi connectivity index (χ2n) is 8.76. The van der Waals surface area contributed by atoms with Crippen LogP contribution in [-0.4, -0.2) is 22.3 Å². The molecule has 1 aliphatic heterocycles. The van der Waals surface area contributed by atoms with E-state index in [1.54, 1.807) is 23.6 Å². The lowest BCUT2D eigenvalue weighted by Gasteiger charge is -2.35. The maximum Gasteiger partial charge on any atom is 0.324 e. The number of nitrogens with zero attached hydrogens (tertiary/aromatic N) is 2. The van der Waals surface area contributed by atoms with Crippen LogP contribution >= 0.6 is 23.2 Å². The molecule has 1 atom stereocenters. The van der Waals surface area contributed by atoms with Crippen molar-refractivity contribution in [2.75, 3.05) is 0 Å². The van der Waals surface area contributed by atoms with Crippen molar-refractivity contribution >= 4 is 35.1 Å². The van der Waals surface area contributed by atoms with E-state index in [-0.39, 0.29) is 10.8 Å². The van der Waals surface area contributed by atoms with Gasteiger partial charge in [0.1, 0.15) is 23.9 Å². The Hall–Kier alpha value is -3.03. The number of esters is 2. The first-order valence-electron chi connectivity index (χ1n) is 10.7. The number of hydrogen-bond acceptors (Lipinski definition) is 5. The third-order valence-corrected chi connectivity index (χ3v) is 6.57. The minimum Gasteiger partial charge on any atom is -0.711 e. The van der Waals surface area contributed by atoms with Gasteiger partial charge in [-0.15, -0.1) is 0 Å². The summed E-state index contributed by atoms with van der Waals surface area (Å²) in [6, 6.07) is 14.3. The van der Waals surface area contributed by atoms with Crippen LogP contribution in [0, 0.1) is 25.0 Å². The molecule has 1 fully saturated rings. The molecule has 1 aliphatic rings. The quantitative estimate of drug-likeness (QED) is 0.219. The molecule has 0 saturated carbocycles. The highest BCUT2D eigenvalue weighted by atomic mass is 35.5. The molecule has 2 heterocycles. The summed E-state index contributed by atoms with van der Waals surface area (Å²) in [5, 5.41) is 14.1. The molecule has 178 valence electrons. The van der Waals surface area contributed by atoms with Crippen LogP contribution in [0.5, 0.6) is 0 Å². The van der Waals surface area contributed by atoms with E-state index in [2.05, 4.69) is 0 Å². The maximum absolute atomic E-state index is 13.5. The molecule has 1 unspecified atom stereocenters. The molecule has 1 saturated heterocycles. The lowest BCUT2D eigenvalue weighted by atomic mass is 9.84. The molecule has 2 aromatic carbocycles. The van der Waals surface area contributed by atoms with Gasteiger partial charge in [0.15, 0.2) is 5.92 Å². The van der Waals surface area contributed by atoms with Gasteiger partial charge in [0.05, 0.1) is 0 Å². The number of halogens is 2. The summed E-state index contributed by atoms with van der Waals surface area (Å²) < 4.78 is 13.4. The summed E-state index contributed by atoms with van der Waals surface area (Å²) in [5.41, 5.74) is 2.47. The number of ether oxygens (including phenoxy) is 2. The van der Waals surface area contributed by atoms with E-state index in [9.17, 15) is 14.8 Å². The average molecular weight is 503 g/mol. The SMILES string of the molecule is Cc1c(C)[n+]([O-])c(C(c2ccc(Cl)cc2Cl)C2C(=O)OC(C)(C)OC2=O)n1Cc1ccccc1. The topological polar surface area (TPSA) is 84.5 Å². The molecule has 0 aliphatic carbocycles. The third kappa shape index (κ3) is 4.38. The molecule has 1 aromatic heterocycles. The smallest absolute Gasteiger partial charge is 0.324 e. The third-order valence-electron chi connectivity index (χ3n) is 6.01. The molecule has 0 spiro atoms. The highest BCUT2D eigenvalue weighted by Gasteiger charge is 2.52. The van der Waals surface area contributed by atoms with Gasteiger partial charge in [-0.3, -0.25) is 9.59 Å². The number of imidazole rings is 1. The number of carbonyl (C=O) groups excluding carboxylic acids is 2. The molecule has 0 radical (unpaired) electrons. The molecule has 0 bridgehead atoms. The van der Waals surface area contributed by atoms with Gasteiger partial charge in [-0.2, -0.15) is 0 Å². The molecule has 34 heavy (non-hydrogen) atoms. The zero-order valence-electron chi connectivity index (χ0n) is 19.2. The van der Waals surface area contributed by atoms with Crippen LogP contribution in [-0.2, 0) is 25.6 Å². The highest BCUT2D eigenvalue weighted by Crippen LogP contribution is 2.41. The monoisotopic (exact) mass is 502 g/mol. The summed E-state index contributed by atoms with van der Waals surface area (Å²) in [6.45, 7) is 6.81. The van der Waals surface area contributed by atoms with Crippen LogP contribution in [0.1, 0.15) is 48.1 Å². The fourth-order valence-electron chi connectivity index (χ4n) is 4.28. The standard InChI is InChI=1S/C25H24Cl2N2O5/c1-14-15(2)29(32)22(28(14)13-16-8-6-5-7-9-16)20(18-11-10-17(26)12-19(18)27)21-23(30)33-25(3,4)34-24(21)31/h5-12,20-21H,13H2,1-4H3. The fraction of sp³-hybridized carbons (Fsp3) is 0.320. The van der Waals surface area contributed by atoms with Gasteiger partial charge in [-0.1, -0.05) is 59.6 Å². The van der Waals surface area contributed by atoms with Crippen LogP contribution in [0.4, 0.5) is 0 Å². The highest BCUT2D eigenvalue weighted by molar-refractivity contribution is 6.35. The minimum absolute atomic E-state index is 0.182. The second kappa shape index (κ2) is 8.96. The molecular weight excluding hydrogens is 479 g/mol. The number of carbonyl (C=O) groups is 2. The average Bonchev–Trinajstić information content (AvgIpc) is 2.95. The van der Waals surface area contributed by atoms with E-state index >= 15 is 0 Å². The van der Waals surface area contributed by atoms with E-state index in [4.69, 9.17) is 32.7 Å². The van der Waals surface area contributed by atoms with Gasteiger partial charge < -0.3 is 14.7 Å². The van der Waals surface area contributed by atoms with Gasteiger partial charge in [0, 0.05) is 37.7 Å². The van der Waals surface area contributed by atoms with Crippen molar-refractivity contribution in [3.05, 3.63) is 92.1 Å². The zero-order valence-corrected chi connectivity index (χ0v) is 20.7. The largest absolute Gasteiger partial charge is 0.711 e. The normalized spacial score (nSPS) is 16.8. The van der Waals surface area contributed by atoms with Crippen molar-refractivity contribution in [2.45, 2.75) is 45.9 Å². The molecule has 3 aromatic rings. The Morgan fingerprint density at radius 3 is 2.26 bits per heavy atom. The van der Waals surface area contributed by atoms with Crippen LogP contribution in [0.2, 0.25) is 10.0 Å². The summed E-state index contributed by atoms with van der Waals surface area (Å²) >= 11 is 12.7. The van der Waals surface area contributed by atoms with Gasteiger partial charge in [0.25, 0.3) is 11.6 Å². The number of cyclic esters (lactones) is 2. The van der Waals surface area contributed by atoms with E-state index in [0.29, 0.717) is 28.5 Å². The predicted molar refractivity (Wildman–Crippen MR) is 126 cm³/mol. The van der Waals surface area contributed by atoms with Crippen LogP contribution in [0.15, 0.2) is 48.5 Å². The van der Waals surface area contributed by atoms with Gasteiger partial charge in [-0.25, -0.2) is 9.30 Å². The Morgan fingerprint density at radius 1 is 1.06 bits per heavy atom. The van der Waals surface area contributed by atoms with E-state index in [1.165, 1.54) is 19.9 Å². The Labute approximate surface area is 207 Å². The first-order valence-corrected chi connectivity index (χ1v) is 11.5. The molecule has 0 amide bonds. The van der Waals surface area contributed by atoms with Crippen molar-refractivity contribution in [2.24, 2.45) is 5.92 Å². The van der Waals surface area contributed by atoms with Crippen molar-refractivity contribution < 1.29 is 23.8 Å². The first-order chi connectivity index (χ1) is 16.0. The summed E-state index contributed by atoms with van der Waals surface area (Å²) in [6.07, 6.45) is 0. The Kier molecular flexibility index (Phi) is 6.36. The molecule has 7 nitrogen and oxygen atoms in total. The summed E-state index contributed by atoms with van der Waals surface area (Å²) in [7, 11) is 0. The Balaban J connectivity index is 1.96. The number of rotatable bonds is 5.